The number of carbonyl (C=O) groups is 1. The normalized spacial score (nSPS) is 19.2. The number of halogens is 3. The van der Waals surface area contributed by atoms with Crippen molar-refractivity contribution < 1.29 is 18.0 Å². The minimum absolute atomic E-state index is 0.129. The zero-order chi connectivity index (χ0) is 17.9. The molecule has 1 aromatic rings. The Morgan fingerprint density at radius 2 is 1.83 bits per heavy atom. The maximum Gasteiger partial charge on any atom is 0.401 e. The molecule has 1 aliphatic rings. The van der Waals surface area contributed by atoms with Gasteiger partial charge in [0.2, 0.25) is 5.91 Å². The summed E-state index contributed by atoms with van der Waals surface area (Å²) in [4.78, 5) is 17.6. The van der Waals surface area contributed by atoms with Gasteiger partial charge in [-0.15, -0.1) is 0 Å². The van der Waals surface area contributed by atoms with Crippen LogP contribution >= 0.6 is 0 Å². The second kappa shape index (κ2) is 7.42. The number of anilines is 2. The topological polar surface area (TPSA) is 26.8 Å². The molecule has 0 aliphatic carbocycles. The minimum Gasteiger partial charge on any atom is -0.376 e. The van der Waals surface area contributed by atoms with E-state index in [1.807, 2.05) is 43.3 Å². The summed E-state index contributed by atoms with van der Waals surface area (Å²) >= 11 is 0. The van der Waals surface area contributed by atoms with E-state index in [4.69, 9.17) is 0 Å². The van der Waals surface area contributed by atoms with Gasteiger partial charge >= 0.3 is 6.18 Å². The minimum atomic E-state index is -4.23. The van der Waals surface area contributed by atoms with Crippen LogP contribution < -0.4 is 9.80 Å². The Labute approximate surface area is 140 Å². The van der Waals surface area contributed by atoms with Crippen molar-refractivity contribution in [2.75, 3.05) is 50.6 Å². The quantitative estimate of drug-likeness (QED) is 0.841. The molecule has 4 nitrogen and oxygen atoms in total. The predicted molar refractivity (Wildman–Crippen MR) is 89.4 cm³/mol. The van der Waals surface area contributed by atoms with Crippen LogP contribution in [0.5, 0.6) is 0 Å². The van der Waals surface area contributed by atoms with Crippen LogP contribution in [-0.4, -0.2) is 57.8 Å². The van der Waals surface area contributed by atoms with Gasteiger partial charge in [-0.1, -0.05) is 12.1 Å². The average molecular weight is 343 g/mol. The number of hydrogen-bond acceptors (Lipinski definition) is 3. The summed E-state index contributed by atoms with van der Waals surface area (Å²) in [5.41, 5.74) is 1.66. The molecule has 0 spiro atoms. The first-order valence-electron chi connectivity index (χ1n) is 8.02. The maximum atomic E-state index is 12.8. The first-order valence-corrected chi connectivity index (χ1v) is 8.02. The molecule has 0 radical (unpaired) electrons. The molecule has 1 aromatic carbocycles. The van der Waals surface area contributed by atoms with Gasteiger partial charge in [0.25, 0.3) is 0 Å². The van der Waals surface area contributed by atoms with Crippen LogP contribution in [0.4, 0.5) is 24.5 Å². The Balaban J connectivity index is 2.10. The molecule has 1 unspecified atom stereocenters. The summed E-state index contributed by atoms with van der Waals surface area (Å²) in [6, 6.07) is 7.51. The van der Waals surface area contributed by atoms with Crippen molar-refractivity contribution in [1.82, 2.24) is 4.90 Å². The van der Waals surface area contributed by atoms with Gasteiger partial charge in [0.05, 0.1) is 23.8 Å². The van der Waals surface area contributed by atoms with Gasteiger partial charge in [-0.2, -0.15) is 13.2 Å². The fourth-order valence-corrected chi connectivity index (χ4v) is 3.17. The van der Waals surface area contributed by atoms with Crippen molar-refractivity contribution in [3.63, 3.8) is 0 Å². The summed E-state index contributed by atoms with van der Waals surface area (Å²) in [6.07, 6.45) is -2.99. The monoisotopic (exact) mass is 343 g/mol. The lowest BCUT2D eigenvalue weighted by molar-refractivity contribution is -0.151. The van der Waals surface area contributed by atoms with E-state index in [9.17, 15) is 18.0 Å². The van der Waals surface area contributed by atoms with Crippen LogP contribution in [0.25, 0.3) is 0 Å². The Kier molecular flexibility index (Phi) is 5.74. The SMILES string of the molecule is CN(C)c1ccccc1N(C)C(=O)C1CCCN(CC(F)(F)F)C1. The first-order chi connectivity index (χ1) is 11.2. The zero-order valence-corrected chi connectivity index (χ0v) is 14.3. The van der Waals surface area contributed by atoms with E-state index in [1.165, 1.54) is 4.90 Å². The Morgan fingerprint density at radius 3 is 2.42 bits per heavy atom. The molecule has 1 saturated heterocycles. The van der Waals surface area contributed by atoms with Crippen molar-refractivity contribution in [1.29, 1.82) is 0 Å². The number of amides is 1. The number of likely N-dealkylation sites (tertiary alicyclic amines) is 1. The van der Waals surface area contributed by atoms with Crippen LogP contribution in [0, 0.1) is 5.92 Å². The molecule has 24 heavy (non-hydrogen) atoms. The third kappa shape index (κ3) is 4.63. The van der Waals surface area contributed by atoms with Gasteiger partial charge in [-0.3, -0.25) is 9.69 Å². The molecule has 7 heteroatoms. The molecule has 2 rings (SSSR count). The van der Waals surface area contributed by atoms with Crippen molar-refractivity contribution in [2.24, 2.45) is 5.92 Å². The third-order valence-corrected chi connectivity index (χ3v) is 4.31. The molecular formula is C17H24F3N3O. The summed E-state index contributed by atoms with van der Waals surface area (Å²) < 4.78 is 37.8. The maximum absolute atomic E-state index is 12.8. The van der Waals surface area contributed by atoms with Gasteiger partial charge in [0.15, 0.2) is 0 Å². The van der Waals surface area contributed by atoms with Crippen molar-refractivity contribution in [2.45, 2.75) is 19.0 Å². The molecule has 0 bridgehead atoms. The Hall–Kier alpha value is -1.76. The Bertz CT molecular complexity index is 574. The molecule has 1 amide bonds. The molecule has 1 atom stereocenters. The highest BCUT2D eigenvalue weighted by Gasteiger charge is 2.35. The lowest BCUT2D eigenvalue weighted by atomic mass is 9.96. The molecule has 1 aliphatic heterocycles. The summed E-state index contributed by atoms with van der Waals surface area (Å²) in [5.74, 6) is -0.530. The number of benzene rings is 1. The number of rotatable bonds is 4. The van der Waals surface area contributed by atoms with Crippen molar-refractivity contribution >= 4 is 17.3 Å². The lowest BCUT2D eigenvalue weighted by Crippen LogP contribution is -2.46. The van der Waals surface area contributed by atoms with Crippen LogP contribution in [0.15, 0.2) is 24.3 Å². The molecule has 0 aromatic heterocycles. The van der Waals surface area contributed by atoms with E-state index in [-0.39, 0.29) is 12.5 Å². The number of alkyl halides is 3. The second-order valence-electron chi connectivity index (χ2n) is 6.47. The highest BCUT2D eigenvalue weighted by atomic mass is 19.4. The standard InChI is InChI=1S/C17H24F3N3O/c1-21(2)14-8-4-5-9-15(14)22(3)16(24)13-7-6-10-23(11-13)12-17(18,19)20/h4-5,8-9,13H,6-7,10-12H2,1-3H3. The fourth-order valence-electron chi connectivity index (χ4n) is 3.17. The smallest absolute Gasteiger partial charge is 0.376 e. The van der Waals surface area contributed by atoms with E-state index in [1.54, 1.807) is 11.9 Å². The van der Waals surface area contributed by atoms with E-state index in [0.717, 1.165) is 11.4 Å². The van der Waals surface area contributed by atoms with E-state index >= 15 is 0 Å². The molecule has 1 fully saturated rings. The molecule has 134 valence electrons. The molecule has 1 heterocycles. The average Bonchev–Trinajstić information content (AvgIpc) is 2.52. The number of carbonyl (C=O) groups excluding carboxylic acids is 1. The lowest BCUT2D eigenvalue weighted by Gasteiger charge is -2.35. The van der Waals surface area contributed by atoms with E-state index in [0.29, 0.717) is 19.4 Å². The predicted octanol–water partition coefficient (Wildman–Crippen LogP) is 2.99. The molecule has 0 N–H and O–H groups in total. The van der Waals surface area contributed by atoms with Gasteiger partial charge in [-0.25, -0.2) is 0 Å². The highest BCUT2D eigenvalue weighted by molar-refractivity contribution is 5.97. The van der Waals surface area contributed by atoms with Crippen LogP contribution in [0.1, 0.15) is 12.8 Å². The number of para-hydroxylation sites is 2. The highest BCUT2D eigenvalue weighted by Crippen LogP contribution is 2.30. The Morgan fingerprint density at radius 1 is 1.21 bits per heavy atom. The second-order valence-corrected chi connectivity index (χ2v) is 6.47. The van der Waals surface area contributed by atoms with Gasteiger partial charge < -0.3 is 9.80 Å². The fraction of sp³-hybridized carbons (Fsp3) is 0.588. The van der Waals surface area contributed by atoms with Crippen LogP contribution in [0.3, 0.4) is 0 Å². The summed E-state index contributed by atoms with van der Waals surface area (Å²) in [6.45, 7) is -0.400. The third-order valence-electron chi connectivity index (χ3n) is 4.31. The van der Waals surface area contributed by atoms with Gasteiger partial charge in [0, 0.05) is 27.7 Å². The van der Waals surface area contributed by atoms with Crippen molar-refractivity contribution in [3.05, 3.63) is 24.3 Å². The zero-order valence-electron chi connectivity index (χ0n) is 14.3. The van der Waals surface area contributed by atoms with Crippen LogP contribution in [-0.2, 0) is 4.79 Å². The van der Waals surface area contributed by atoms with E-state index < -0.39 is 18.6 Å². The molecular weight excluding hydrogens is 319 g/mol. The molecule has 0 saturated carbocycles. The van der Waals surface area contributed by atoms with Crippen molar-refractivity contribution in [3.8, 4) is 0 Å². The number of hydrogen-bond donors (Lipinski definition) is 0. The van der Waals surface area contributed by atoms with Gasteiger partial charge in [0.1, 0.15) is 0 Å². The number of nitrogens with zero attached hydrogens (tertiary/aromatic N) is 3. The largest absolute Gasteiger partial charge is 0.401 e. The summed E-state index contributed by atoms with van der Waals surface area (Å²) in [7, 11) is 5.47. The first kappa shape index (κ1) is 18.6. The summed E-state index contributed by atoms with van der Waals surface area (Å²) in [5, 5.41) is 0. The van der Waals surface area contributed by atoms with Crippen LogP contribution in [0.2, 0.25) is 0 Å². The van der Waals surface area contributed by atoms with Gasteiger partial charge in [-0.05, 0) is 31.5 Å². The number of piperidine rings is 1. The van der Waals surface area contributed by atoms with E-state index in [2.05, 4.69) is 0 Å².